The third-order valence-electron chi connectivity index (χ3n) is 3.05. The van der Waals surface area contributed by atoms with Crippen LogP contribution < -0.4 is 11.1 Å². The third-order valence-corrected chi connectivity index (χ3v) is 3.05. The summed E-state index contributed by atoms with van der Waals surface area (Å²) >= 11 is 0. The molecule has 21 heavy (non-hydrogen) atoms. The topological polar surface area (TPSA) is 81.1 Å². The van der Waals surface area contributed by atoms with Gasteiger partial charge in [-0.05, 0) is 25.5 Å². The van der Waals surface area contributed by atoms with Crippen molar-refractivity contribution < 1.29 is 0 Å². The largest absolute Gasteiger partial charge is 0.370 e. The number of halogens is 1. The van der Waals surface area contributed by atoms with Crippen LogP contribution in [-0.2, 0) is 6.54 Å². The van der Waals surface area contributed by atoms with Crippen LogP contribution in [0.5, 0.6) is 0 Å². The zero-order chi connectivity index (χ0) is 14.4. The fraction of sp³-hybridized carbons (Fsp3) is 0.357. The van der Waals surface area contributed by atoms with Gasteiger partial charge in [0, 0.05) is 11.7 Å². The van der Waals surface area contributed by atoms with Crippen molar-refractivity contribution in [2.75, 3.05) is 0 Å². The lowest BCUT2D eigenvalue weighted by Gasteiger charge is -2.11. The lowest BCUT2D eigenvalue weighted by molar-refractivity contribution is 0.635. The number of para-hydroxylation sites is 1. The Morgan fingerprint density at radius 3 is 2.76 bits per heavy atom. The van der Waals surface area contributed by atoms with Crippen LogP contribution in [0.2, 0.25) is 0 Å². The second kappa shape index (κ2) is 8.60. The van der Waals surface area contributed by atoms with Crippen molar-refractivity contribution in [3.05, 3.63) is 42.5 Å². The molecular formula is C14H21IN6. The van der Waals surface area contributed by atoms with Crippen LogP contribution in [0.15, 0.2) is 41.7 Å². The predicted molar refractivity (Wildman–Crippen MR) is 95.0 cm³/mol. The Balaban J connectivity index is 0.00000220. The molecule has 7 heteroatoms. The fourth-order valence-corrected chi connectivity index (χ4v) is 1.73. The minimum atomic E-state index is 0. The molecule has 1 heterocycles. The Bertz CT molecular complexity index is 566. The number of nitrogens with zero attached hydrogens (tertiary/aromatic N) is 4. The Kier molecular flexibility index (Phi) is 7.13. The molecule has 1 unspecified atom stereocenters. The lowest BCUT2D eigenvalue weighted by atomic mass is 10.3. The third kappa shape index (κ3) is 5.00. The molecule has 114 valence electrons. The zero-order valence-electron chi connectivity index (χ0n) is 12.2. The zero-order valence-corrected chi connectivity index (χ0v) is 14.6. The van der Waals surface area contributed by atoms with E-state index in [9.17, 15) is 0 Å². The average molecular weight is 400 g/mol. The standard InChI is InChI=1S/C14H20N6.HI/c1-3-11(2)18-14(15)16-9-13-19-17-10-20(13)12-7-5-4-6-8-12;/h4-8,10-11H,3,9H2,1-2H3,(H3,15,16,18);1H. The van der Waals surface area contributed by atoms with Crippen molar-refractivity contribution in [2.45, 2.75) is 32.9 Å². The van der Waals surface area contributed by atoms with Crippen LogP contribution in [-0.4, -0.2) is 26.8 Å². The quantitative estimate of drug-likeness (QED) is 0.458. The molecule has 0 radical (unpaired) electrons. The van der Waals surface area contributed by atoms with Crippen molar-refractivity contribution >= 4 is 29.9 Å². The Hall–Kier alpha value is -1.64. The molecule has 0 saturated heterocycles. The van der Waals surface area contributed by atoms with Crippen LogP contribution in [0.4, 0.5) is 0 Å². The lowest BCUT2D eigenvalue weighted by Crippen LogP contribution is -2.38. The Labute approximate surface area is 141 Å². The van der Waals surface area contributed by atoms with Gasteiger partial charge >= 0.3 is 0 Å². The summed E-state index contributed by atoms with van der Waals surface area (Å²) < 4.78 is 1.90. The Morgan fingerprint density at radius 1 is 1.38 bits per heavy atom. The molecule has 0 bridgehead atoms. The van der Waals surface area contributed by atoms with Gasteiger partial charge in [-0.1, -0.05) is 25.1 Å². The van der Waals surface area contributed by atoms with E-state index in [2.05, 4.69) is 34.4 Å². The van der Waals surface area contributed by atoms with Crippen LogP contribution in [0.1, 0.15) is 26.1 Å². The van der Waals surface area contributed by atoms with Gasteiger partial charge in [0.05, 0.1) is 0 Å². The highest BCUT2D eigenvalue weighted by atomic mass is 127. The number of aromatic nitrogens is 3. The first-order valence-corrected chi connectivity index (χ1v) is 6.71. The Morgan fingerprint density at radius 2 is 2.10 bits per heavy atom. The number of hydrogen-bond acceptors (Lipinski definition) is 3. The number of nitrogens with two attached hydrogens (primary N) is 1. The molecule has 0 aliphatic heterocycles. The van der Waals surface area contributed by atoms with E-state index < -0.39 is 0 Å². The molecule has 1 aromatic carbocycles. The van der Waals surface area contributed by atoms with E-state index in [0.29, 0.717) is 18.5 Å². The first-order chi connectivity index (χ1) is 9.70. The SMILES string of the molecule is CCC(C)NC(N)=NCc1nncn1-c1ccccc1.I. The van der Waals surface area contributed by atoms with E-state index in [-0.39, 0.29) is 24.0 Å². The summed E-state index contributed by atoms with van der Waals surface area (Å²) in [6.07, 6.45) is 2.68. The molecular weight excluding hydrogens is 379 g/mol. The van der Waals surface area contributed by atoms with E-state index >= 15 is 0 Å². The molecule has 2 aromatic rings. The number of nitrogens with one attached hydrogen (secondary N) is 1. The summed E-state index contributed by atoms with van der Waals surface area (Å²) in [5.74, 6) is 1.19. The monoisotopic (exact) mass is 400 g/mol. The summed E-state index contributed by atoms with van der Waals surface area (Å²) in [7, 11) is 0. The number of aliphatic imine (C=N–C) groups is 1. The van der Waals surface area contributed by atoms with Gasteiger partial charge in [-0.2, -0.15) is 0 Å². The average Bonchev–Trinajstić information content (AvgIpc) is 2.94. The number of rotatable bonds is 5. The number of guanidine groups is 1. The van der Waals surface area contributed by atoms with Gasteiger partial charge in [0.1, 0.15) is 12.9 Å². The van der Waals surface area contributed by atoms with Crippen molar-refractivity contribution in [1.29, 1.82) is 0 Å². The molecule has 0 aliphatic carbocycles. The summed E-state index contributed by atoms with van der Waals surface area (Å²) in [5, 5.41) is 11.1. The molecule has 2 rings (SSSR count). The first-order valence-electron chi connectivity index (χ1n) is 6.71. The van der Waals surface area contributed by atoms with Crippen LogP contribution in [0.25, 0.3) is 5.69 Å². The van der Waals surface area contributed by atoms with Crippen molar-refractivity contribution in [2.24, 2.45) is 10.7 Å². The molecule has 0 amide bonds. The fourth-order valence-electron chi connectivity index (χ4n) is 1.73. The van der Waals surface area contributed by atoms with E-state index in [1.165, 1.54) is 0 Å². The number of benzene rings is 1. The smallest absolute Gasteiger partial charge is 0.189 e. The van der Waals surface area contributed by atoms with Gasteiger partial charge in [-0.15, -0.1) is 34.2 Å². The van der Waals surface area contributed by atoms with Gasteiger partial charge in [-0.3, -0.25) is 4.57 Å². The maximum Gasteiger partial charge on any atom is 0.189 e. The molecule has 1 atom stereocenters. The van der Waals surface area contributed by atoms with Crippen molar-refractivity contribution in [3.63, 3.8) is 0 Å². The van der Waals surface area contributed by atoms with E-state index in [1.807, 2.05) is 34.9 Å². The van der Waals surface area contributed by atoms with Crippen LogP contribution >= 0.6 is 24.0 Å². The van der Waals surface area contributed by atoms with Crippen molar-refractivity contribution in [1.82, 2.24) is 20.1 Å². The highest BCUT2D eigenvalue weighted by molar-refractivity contribution is 14.0. The summed E-state index contributed by atoms with van der Waals surface area (Å²) in [5.41, 5.74) is 6.85. The van der Waals surface area contributed by atoms with Crippen molar-refractivity contribution in [3.8, 4) is 5.69 Å². The minimum absolute atomic E-state index is 0. The molecule has 6 nitrogen and oxygen atoms in total. The normalized spacial score (nSPS) is 12.6. The molecule has 0 fully saturated rings. The summed E-state index contributed by atoms with van der Waals surface area (Å²) in [6.45, 7) is 4.55. The molecule has 0 saturated carbocycles. The van der Waals surface area contributed by atoms with Gasteiger partial charge in [0.15, 0.2) is 11.8 Å². The molecule has 0 aliphatic rings. The molecule has 1 aromatic heterocycles. The van der Waals surface area contributed by atoms with Gasteiger partial charge in [-0.25, -0.2) is 4.99 Å². The van der Waals surface area contributed by atoms with Gasteiger partial charge in [0.2, 0.25) is 0 Å². The summed E-state index contributed by atoms with van der Waals surface area (Å²) in [6, 6.07) is 10.2. The molecule has 0 spiro atoms. The second-order valence-electron chi connectivity index (χ2n) is 4.61. The highest BCUT2D eigenvalue weighted by Gasteiger charge is 2.06. The summed E-state index contributed by atoms with van der Waals surface area (Å²) in [4.78, 5) is 4.30. The number of hydrogen-bond donors (Lipinski definition) is 2. The second-order valence-corrected chi connectivity index (χ2v) is 4.61. The van der Waals surface area contributed by atoms with Crippen LogP contribution in [0, 0.1) is 0 Å². The first kappa shape index (κ1) is 17.4. The molecule has 3 N–H and O–H groups in total. The van der Waals surface area contributed by atoms with Gasteiger partial charge in [0.25, 0.3) is 0 Å². The minimum Gasteiger partial charge on any atom is -0.370 e. The van der Waals surface area contributed by atoms with E-state index in [0.717, 1.165) is 17.9 Å². The maximum absolute atomic E-state index is 5.84. The van der Waals surface area contributed by atoms with Gasteiger partial charge < -0.3 is 11.1 Å². The maximum atomic E-state index is 5.84. The van der Waals surface area contributed by atoms with Crippen LogP contribution in [0.3, 0.4) is 0 Å². The predicted octanol–water partition coefficient (Wildman–Crippen LogP) is 2.09. The van der Waals surface area contributed by atoms with E-state index in [1.54, 1.807) is 6.33 Å². The van der Waals surface area contributed by atoms with E-state index in [4.69, 9.17) is 5.73 Å². The highest BCUT2D eigenvalue weighted by Crippen LogP contribution is 2.09.